The number of hydrogen-bond donors (Lipinski definition) is 1. The average molecular weight is 378 g/mol. The van der Waals surface area contributed by atoms with Crippen LogP contribution in [0.25, 0.3) is 11.0 Å². The molecule has 0 saturated carbocycles. The first-order valence-corrected chi connectivity index (χ1v) is 9.47. The molecule has 2 aromatic rings. The van der Waals surface area contributed by atoms with Crippen LogP contribution in [0.15, 0.2) is 12.5 Å². The Balaban J connectivity index is 1.87. The molecule has 138 valence electrons. The van der Waals surface area contributed by atoms with Gasteiger partial charge < -0.3 is 9.67 Å². The summed E-state index contributed by atoms with van der Waals surface area (Å²) in [7, 11) is -3.25. The van der Waals surface area contributed by atoms with Gasteiger partial charge in [-0.15, -0.1) is 0 Å². The van der Waals surface area contributed by atoms with Gasteiger partial charge in [-0.1, -0.05) is 0 Å². The molecule has 1 fully saturated rings. The quantitative estimate of drug-likeness (QED) is 0.880. The topological polar surface area (TPSA) is 88.3 Å². The van der Waals surface area contributed by atoms with Crippen LogP contribution in [-0.2, 0) is 22.7 Å². The monoisotopic (exact) mass is 378 g/mol. The van der Waals surface area contributed by atoms with Gasteiger partial charge in [-0.05, 0) is 18.8 Å². The molecule has 1 aliphatic heterocycles. The lowest BCUT2D eigenvalue weighted by molar-refractivity contribution is -0.136. The van der Waals surface area contributed by atoms with E-state index in [-0.39, 0.29) is 18.1 Å². The summed E-state index contributed by atoms with van der Waals surface area (Å²) in [5.74, 6) is -0.685. The molecule has 0 radical (unpaired) electrons. The zero-order valence-electron chi connectivity index (χ0n) is 13.4. The maximum atomic E-state index is 13.2. The number of alkyl halides is 3. The van der Waals surface area contributed by atoms with E-state index in [1.165, 1.54) is 8.87 Å². The number of nitrogens with zero attached hydrogens (tertiary/aromatic N) is 4. The van der Waals surface area contributed by atoms with Crippen LogP contribution in [0.5, 0.6) is 5.88 Å². The molecule has 1 saturated heterocycles. The smallest absolute Gasteiger partial charge is 0.418 e. The third-order valence-corrected chi connectivity index (χ3v) is 5.74. The van der Waals surface area contributed by atoms with Crippen molar-refractivity contribution in [3.8, 4) is 5.88 Å². The zero-order valence-corrected chi connectivity index (χ0v) is 14.2. The largest absolute Gasteiger partial charge is 0.493 e. The molecule has 0 aromatic carbocycles. The summed E-state index contributed by atoms with van der Waals surface area (Å²) in [4.78, 5) is 7.32. The zero-order chi connectivity index (χ0) is 18.4. The van der Waals surface area contributed by atoms with E-state index in [0.29, 0.717) is 25.9 Å². The molecule has 25 heavy (non-hydrogen) atoms. The molecule has 3 rings (SSSR count). The fourth-order valence-electron chi connectivity index (χ4n) is 3.16. The molecular weight excluding hydrogens is 361 g/mol. The van der Waals surface area contributed by atoms with E-state index in [0.717, 1.165) is 18.8 Å². The molecule has 1 N–H and O–H groups in total. The second-order valence-corrected chi connectivity index (χ2v) is 8.18. The minimum atomic E-state index is -4.63. The van der Waals surface area contributed by atoms with Crippen molar-refractivity contribution in [2.45, 2.75) is 25.6 Å². The first-order chi connectivity index (χ1) is 11.6. The molecule has 0 unspecified atom stereocenters. The first-order valence-electron chi connectivity index (χ1n) is 7.62. The van der Waals surface area contributed by atoms with Crippen molar-refractivity contribution in [3.63, 3.8) is 0 Å². The molecule has 1 aliphatic rings. The van der Waals surface area contributed by atoms with Crippen LogP contribution < -0.4 is 0 Å². The number of piperidine rings is 1. The van der Waals surface area contributed by atoms with Gasteiger partial charge in [0.05, 0.1) is 17.2 Å². The van der Waals surface area contributed by atoms with Gasteiger partial charge in [0.1, 0.15) is 12.0 Å². The minimum absolute atomic E-state index is 0.0189. The van der Waals surface area contributed by atoms with E-state index in [9.17, 15) is 26.7 Å². The predicted molar refractivity (Wildman–Crippen MR) is 83.3 cm³/mol. The van der Waals surface area contributed by atoms with E-state index < -0.39 is 33.0 Å². The summed E-state index contributed by atoms with van der Waals surface area (Å²) in [6, 6.07) is 0. The fourth-order valence-corrected chi connectivity index (χ4v) is 4.04. The standard InChI is InChI=1S/C14H17F3N4O3S/c1-25(23,24)21-4-2-9(3-5-21)6-20-7-10(14(15,16)17)11-12(20)18-8-19-13(11)22/h7-9H,2-6H2,1H3,(H,18,19,22). The molecule has 0 amide bonds. The second-order valence-electron chi connectivity index (χ2n) is 6.19. The molecule has 2 aromatic heterocycles. The van der Waals surface area contributed by atoms with Crippen molar-refractivity contribution in [1.29, 1.82) is 0 Å². The third kappa shape index (κ3) is 3.56. The highest BCUT2D eigenvalue weighted by Crippen LogP contribution is 2.39. The van der Waals surface area contributed by atoms with Crippen molar-refractivity contribution in [3.05, 3.63) is 18.1 Å². The van der Waals surface area contributed by atoms with Gasteiger partial charge in [-0.2, -0.15) is 13.2 Å². The Labute approximate surface area is 142 Å². The number of halogens is 3. The summed E-state index contributed by atoms with van der Waals surface area (Å²) < 4.78 is 65.4. The van der Waals surface area contributed by atoms with Gasteiger partial charge in [-0.3, -0.25) is 0 Å². The van der Waals surface area contributed by atoms with Crippen LogP contribution in [0.3, 0.4) is 0 Å². The van der Waals surface area contributed by atoms with Gasteiger partial charge in [0.25, 0.3) is 0 Å². The lowest BCUT2D eigenvalue weighted by Crippen LogP contribution is -2.38. The van der Waals surface area contributed by atoms with Crippen molar-refractivity contribution >= 4 is 21.1 Å². The lowest BCUT2D eigenvalue weighted by atomic mass is 9.98. The van der Waals surface area contributed by atoms with E-state index in [1.807, 2.05) is 0 Å². The van der Waals surface area contributed by atoms with Crippen LogP contribution in [-0.4, -0.2) is 51.7 Å². The van der Waals surface area contributed by atoms with Crippen LogP contribution in [0.1, 0.15) is 18.4 Å². The highest BCUT2D eigenvalue weighted by molar-refractivity contribution is 7.88. The molecule has 0 bridgehead atoms. The van der Waals surface area contributed by atoms with Gasteiger partial charge >= 0.3 is 6.18 Å². The van der Waals surface area contributed by atoms with Gasteiger partial charge in [-0.25, -0.2) is 22.7 Å². The van der Waals surface area contributed by atoms with Gasteiger partial charge in [0.2, 0.25) is 15.9 Å². The Bertz CT molecular complexity index is 887. The van der Waals surface area contributed by atoms with E-state index in [2.05, 4.69) is 9.97 Å². The maximum Gasteiger partial charge on any atom is 0.418 e. The third-order valence-electron chi connectivity index (χ3n) is 4.44. The Hall–Kier alpha value is -1.88. The molecular formula is C14H17F3N4O3S. The molecule has 0 spiro atoms. The molecule has 7 nitrogen and oxygen atoms in total. The van der Waals surface area contributed by atoms with Crippen LogP contribution >= 0.6 is 0 Å². The Morgan fingerprint density at radius 2 is 1.92 bits per heavy atom. The summed E-state index contributed by atoms with van der Waals surface area (Å²) in [6.07, 6.45) is -0.452. The molecule has 11 heteroatoms. The number of aromatic nitrogens is 3. The Morgan fingerprint density at radius 3 is 2.48 bits per heavy atom. The van der Waals surface area contributed by atoms with Crippen molar-refractivity contribution in [2.24, 2.45) is 5.92 Å². The highest BCUT2D eigenvalue weighted by Gasteiger charge is 2.37. The average Bonchev–Trinajstić information content (AvgIpc) is 2.87. The van der Waals surface area contributed by atoms with Crippen molar-refractivity contribution in [2.75, 3.05) is 19.3 Å². The molecule has 0 aliphatic carbocycles. The highest BCUT2D eigenvalue weighted by atomic mass is 32.2. The number of rotatable bonds is 3. The predicted octanol–water partition coefficient (Wildman–Crippen LogP) is 1.83. The van der Waals surface area contributed by atoms with E-state index in [4.69, 9.17) is 0 Å². The molecule has 3 heterocycles. The number of fused-ring (bicyclic) bond motifs is 1. The van der Waals surface area contributed by atoms with Gasteiger partial charge in [0, 0.05) is 25.8 Å². The number of hydrogen-bond acceptors (Lipinski definition) is 5. The van der Waals surface area contributed by atoms with E-state index in [1.54, 1.807) is 0 Å². The molecule has 0 atom stereocenters. The van der Waals surface area contributed by atoms with Crippen LogP contribution in [0.2, 0.25) is 0 Å². The van der Waals surface area contributed by atoms with Crippen molar-refractivity contribution in [1.82, 2.24) is 18.8 Å². The lowest BCUT2D eigenvalue weighted by Gasteiger charge is -2.30. The first kappa shape index (κ1) is 17.9. The van der Waals surface area contributed by atoms with E-state index >= 15 is 0 Å². The SMILES string of the molecule is CS(=O)(=O)N1CCC(Cn2cc(C(F)(F)F)c3c(O)ncnc32)CC1. The van der Waals surface area contributed by atoms with Crippen LogP contribution in [0.4, 0.5) is 13.2 Å². The summed E-state index contributed by atoms with van der Waals surface area (Å²) >= 11 is 0. The Morgan fingerprint density at radius 1 is 1.28 bits per heavy atom. The van der Waals surface area contributed by atoms with Gasteiger partial charge in [0.15, 0.2) is 0 Å². The Kier molecular flexibility index (Phi) is 4.40. The summed E-state index contributed by atoms with van der Waals surface area (Å²) in [5.41, 5.74) is -0.959. The summed E-state index contributed by atoms with van der Waals surface area (Å²) in [6.45, 7) is 0.949. The fraction of sp³-hybridized carbons (Fsp3) is 0.571. The maximum absolute atomic E-state index is 13.2. The summed E-state index contributed by atoms with van der Waals surface area (Å²) in [5, 5.41) is 9.31. The van der Waals surface area contributed by atoms with Crippen molar-refractivity contribution < 1.29 is 26.7 Å². The second kappa shape index (κ2) is 6.13. The number of sulfonamides is 1. The normalized spacial score (nSPS) is 18.1. The number of aromatic hydroxyl groups is 1. The minimum Gasteiger partial charge on any atom is -0.493 e. The van der Waals surface area contributed by atoms with Crippen LogP contribution in [0, 0.1) is 5.92 Å².